The molecular weight excluding hydrogens is 224 g/mol. The number of hydrogen-bond donors (Lipinski definition) is 1. The first kappa shape index (κ1) is 12.8. The molecule has 0 amide bonds. The Labute approximate surface area is 108 Å². The van der Waals surface area contributed by atoms with Gasteiger partial charge in [-0.2, -0.15) is 5.10 Å². The number of aryl methyl sites for hydroxylation is 1. The maximum atomic E-state index is 10.9. The summed E-state index contributed by atoms with van der Waals surface area (Å²) in [4.78, 5) is 0. The molecule has 0 aliphatic carbocycles. The normalized spacial score (nSPS) is 14.4. The van der Waals surface area contributed by atoms with E-state index >= 15 is 0 Å². The van der Waals surface area contributed by atoms with Crippen molar-refractivity contribution in [2.24, 2.45) is 7.05 Å². The quantitative estimate of drug-likeness (QED) is 0.878. The van der Waals surface area contributed by atoms with Crippen molar-refractivity contribution in [1.29, 1.82) is 0 Å². The zero-order valence-electron chi connectivity index (χ0n) is 11.0. The van der Waals surface area contributed by atoms with Gasteiger partial charge in [-0.15, -0.1) is 0 Å². The summed E-state index contributed by atoms with van der Waals surface area (Å²) in [6.45, 7) is 2.09. The summed E-state index contributed by atoms with van der Waals surface area (Å²) in [6.07, 6.45) is 6.10. The molecule has 0 radical (unpaired) electrons. The molecule has 1 aromatic carbocycles. The van der Waals surface area contributed by atoms with Gasteiger partial charge < -0.3 is 5.11 Å². The summed E-state index contributed by atoms with van der Waals surface area (Å²) in [5.41, 5.74) is 1.26. The molecule has 0 bridgehead atoms. The fraction of sp³-hybridized carbons (Fsp3) is 0.400. The maximum Gasteiger partial charge on any atom is 0.0937 e. The van der Waals surface area contributed by atoms with Crippen LogP contribution in [0.3, 0.4) is 0 Å². The summed E-state index contributed by atoms with van der Waals surface area (Å²) < 4.78 is 1.77. The van der Waals surface area contributed by atoms with Crippen LogP contribution in [0.25, 0.3) is 0 Å². The lowest BCUT2D eigenvalue weighted by molar-refractivity contribution is 0.0269. The van der Waals surface area contributed by atoms with E-state index in [0.29, 0.717) is 6.42 Å². The van der Waals surface area contributed by atoms with Gasteiger partial charge in [0.15, 0.2) is 0 Å². The van der Waals surface area contributed by atoms with Crippen molar-refractivity contribution in [2.75, 3.05) is 0 Å². The van der Waals surface area contributed by atoms with Crippen molar-refractivity contribution in [3.63, 3.8) is 0 Å². The molecule has 1 unspecified atom stereocenters. The van der Waals surface area contributed by atoms with Gasteiger partial charge in [0.05, 0.1) is 11.8 Å². The molecule has 1 aromatic heterocycles. The van der Waals surface area contributed by atoms with Crippen molar-refractivity contribution < 1.29 is 5.11 Å². The molecule has 0 spiro atoms. The summed E-state index contributed by atoms with van der Waals surface area (Å²) >= 11 is 0. The second-order valence-corrected chi connectivity index (χ2v) is 4.85. The number of aliphatic hydroxyl groups is 1. The largest absolute Gasteiger partial charge is 0.385 e. The Hall–Kier alpha value is -1.61. The Kier molecular flexibility index (Phi) is 3.82. The van der Waals surface area contributed by atoms with Crippen LogP contribution in [-0.2, 0) is 19.1 Å². The molecule has 0 fully saturated rings. The molecule has 1 heterocycles. The lowest BCUT2D eigenvalue weighted by Gasteiger charge is -2.28. The highest BCUT2D eigenvalue weighted by atomic mass is 16.3. The minimum absolute atomic E-state index is 0.610. The second kappa shape index (κ2) is 5.36. The highest BCUT2D eigenvalue weighted by molar-refractivity contribution is 5.25. The topological polar surface area (TPSA) is 38.1 Å². The lowest BCUT2D eigenvalue weighted by atomic mass is 9.84. The van der Waals surface area contributed by atoms with Gasteiger partial charge in [-0.3, -0.25) is 4.68 Å². The van der Waals surface area contributed by atoms with E-state index in [0.717, 1.165) is 24.0 Å². The van der Waals surface area contributed by atoms with Crippen molar-refractivity contribution in [1.82, 2.24) is 9.78 Å². The third kappa shape index (κ3) is 2.79. The van der Waals surface area contributed by atoms with Gasteiger partial charge in [0, 0.05) is 19.7 Å². The summed E-state index contributed by atoms with van der Waals surface area (Å²) in [5.74, 6) is 0. The van der Waals surface area contributed by atoms with Crippen LogP contribution in [-0.4, -0.2) is 14.9 Å². The fourth-order valence-corrected chi connectivity index (χ4v) is 2.40. The van der Waals surface area contributed by atoms with Crippen LogP contribution >= 0.6 is 0 Å². The van der Waals surface area contributed by atoms with Crippen LogP contribution in [0.15, 0.2) is 42.7 Å². The molecule has 0 aliphatic heterocycles. The van der Waals surface area contributed by atoms with Gasteiger partial charge in [-0.1, -0.05) is 43.7 Å². The molecule has 18 heavy (non-hydrogen) atoms. The summed E-state index contributed by atoms with van der Waals surface area (Å²) in [7, 11) is 1.89. The smallest absolute Gasteiger partial charge is 0.0937 e. The third-order valence-electron chi connectivity index (χ3n) is 3.23. The van der Waals surface area contributed by atoms with E-state index in [9.17, 15) is 5.11 Å². The summed E-state index contributed by atoms with van der Waals surface area (Å²) in [5, 5.41) is 15.1. The predicted molar refractivity (Wildman–Crippen MR) is 72.2 cm³/mol. The van der Waals surface area contributed by atoms with Crippen molar-refractivity contribution in [2.45, 2.75) is 31.8 Å². The zero-order chi connectivity index (χ0) is 13.0. The Morgan fingerprint density at radius 1 is 1.28 bits per heavy atom. The Morgan fingerprint density at radius 2 is 2.00 bits per heavy atom. The lowest BCUT2D eigenvalue weighted by Crippen LogP contribution is -2.28. The Morgan fingerprint density at radius 3 is 2.56 bits per heavy atom. The van der Waals surface area contributed by atoms with Crippen LogP contribution in [0.4, 0.5) is 0 Å². The van der Waals surface area contributed by atoms with E-state index in [1.165, 1.54) is 0 Å². The van der Waals surface area contributed by atoms with E-state index in [4.69, 9.17) is 0 Å². The molecule has 3 heteroatoms. The first-order valence-corrected chi connectivity index (χ1v) is 6.39. The molecule has 2 aromatic rings. The first-order valence-electron chi connectivity index (χ1n) is 6.39. The van der Waals surface area contributed by atoms with Crippen LogP contribution in [0.5, 0.6) is 0 Å². The first-order chi connectivity index (χ1) is 8.64. The van der Waals surface area contributed by atoms with E-state index in [1.54, 1.807) is 4.68 Å². The van der Waals surface area contributed by atoms with Crippen LogP contribution in [0.2, 0.25) is 0 Å². The summed E-state index contributed by atoms with van der Waals surface area (Å²) in [6, 6.07) is 9.90. The van der Waals surface area contributed by atoms with E-state index < -0.39 is 5.60 Å². The van der Waals surface area contributed by atoms with Crippen molar-refractivity contribution in [3.05, 3.63) is 53.9 Å². The molecule has 0 saturated heterocycles. The molecule has 0 aliphatic rings. The predicted octanol–water partition coefficient (Wildman–Crippen LogP) is 2.65. The molecule has 1 atom stereocenters. The van der Waals surface area contributed by atoms with Gasteiger partial charge in [0.25, 0.3) is 0 Å². The molecule has 0 saturated carbocycles. The number of aromatic nitrogens is 2. The Balaban J connectivity index is 2.26. The molecular formula is C15H20N2O. The SMILES string of the molecule is CCCC(O)(Cc1cnn(C)c1)c1ccccc1. The van der Waals surface area contributed by atoms with Gasteiger partial charge in [0.1, 0.15) is 0 Å². The van der Waals surface area contributed by atoms with Gasteiger partial charge in [-0.25, -0.2) is 0 Å². The third-order valence-corrected chi connectivity index (χ3v) is 3.23. The maximum absolute atomic E-state index is 10.9. The average molecular weight is 244 g/mol. The molecule has 1 N–H and O–H groups in total. The standard InChI is InChI=1S/C15H20N2O/c1-3-9-15(18,14-7-5-4-6-8-14)10-13-11-16-17(2)12-13/h4-8,11-12,18H,3,9-10H2,1-2H3. The van der Waals surface area contributed by atoms with Crippen LogP contribution in [0, 0.1) is 0 Å². The van der Waals surface area contributed by atoms with Gasteiger partial charge in [0.2, 0.25) is 0 Å². The number of benzene rings is 1. The fourth-order valence-electron chi connectivity index (χ4n) is 2.40. The highest BCUT2D eigenvalue weighted by Gasteiger charge is 2.28. The van der Waals surface area contributed by atoms with E-state index in [2.05, 4.69) is 12.0 Å². The van der Waals surface area contributed by atoms with Crippen molar-refractivity contribution in [3.8, 4) is 0 Å². The zero-order valence-corrected chi connectivity index (χ0v) is 11.0. The average Bonchev–Trinajstić information content (AvgIpc) is 2.76. The molecule has 2 rings (SSSR count). The van der Waals surface area contributed by atoms with Gasteiger partial charge >= 0.3 is 0 Å². The van der Waals surface area contributed by atoms with Crippen molar-refractivity contribution >= 4 is 0 Å². The van der Waals surface area contributed by atoms with E-state index in [1.807, 2.05) is 49.8 Å². The van der Waals surface area contributed by atoms with Crippen LogP contribution in [0.1, 0.15) is 30.9 Å². The number of hydrogen-bond acceptors (Lipinski definition) is 2. The number of rotatable bonds is 5. The monoisotopic (exact) mass is 244 g/mol. The molecule has 3 nitrogen and oxygen atoms in total. The minimum atomic E-state index is -0.793. The van der Waals surface area contributed by atoms with Crippen LogP contribution < -0.4 is 0 Å². The van der Waals surface area contributed by atoms with Gasteiger partial charge in [-0.05, 0) is 17.5 Å². The second-order valence-electron chi connectivity index (χ2n) is 4.85. The van der Waals surface area contributed by atoms with E-state index in [-0.39, 0.29) is 0 Å². The highest BCUT2D eigenvalue weighted by Crippen LogP contribution is 2.30. The minimum Gasteiger partial charge on any atom is -0.385 e. The molecule has 96 valence electrons. The Bertz CT molecular complexity index is 492. The number of nitrogens with zero attached hydrogens (tertiary/aromatic N) is 2.